The maximum absolute atomic E-state index is 12.0. The van der Waals surface area contributed by atoms with E-state index in [0.29, 0.717) is 26.6 Å². The van der Waals surface area contributed by atoms with Crippen molar-refractivity contribution in [3.63, 3.8) is 0 Å². The van der Waals surface area contributed by atoms with E-state index in [0.717, 1.165) is 10.0 Å². The molecule has 0 fully saturated rings. The predicted molar refractivity (Wildman–Crippen MR) is 116 cm³/mol. The Kier molecular flexibility index (Phi) is 6.56. The number of hydrogen-bond acceptors (Lipinski definition) is 4. The van der Waals surface area contributed by atoms with Crippen LogP contribution in [0.5, 0.6) is 5.88 Å². The second-order valence-electron chi connectivity index (χ2n) is 6.21. The monoisotopic (exact) mass is 496 g/mol. The Morgan fingerprint density at radius 2 is 1.97 bits per heavy atom. The Balaban J connectivity index is 1.64. The summed E-state index contributed by atoms with van der Waals surface area (Å²) in [7, 11) is 0. The molecular formula is C19H15BrCl2N4O3. The molecule has 0 radical (unpaired) electrons. The van der Waals surface area contributed by atoms with Gasteiger partial charge in [-0.1, -0.05) is 29.3 Å². The third-order valence-electron chi connectivity index (χ3n) is 4.08. The molecule has 2 aromatic carbocycles. The number of azo groups is 1. The van der Waals surface area contributed by atoms with Crippen LogP contribution in [0.15, 0.2) is 45.0 Å². The van der Waals surface area contributed by atoms with Crippen LogP contribution >= 0.6 is 39.1 Å². The quantitative estimate of drug-likeness (QED) is 0.361. The zero-order chi connectivity index (χ0) is 21.1. The summed E-state index contributed by atoms with van der Waals surface area (Å²) in [6, 6.07) is 8.34. The molecule has 10 heteroatoms. The molecular weight excluding hydrogens is 483 g/mol. The van der Waals surface area contributed by atoms with Crippen LogP contribution in [0.25, 0.3) is 10.9 Å². The molecule has 29 heavy (non-hydrogen) atoms. The first kappa shape index (κ1) is 21.3. The average Bonchev–Trinajstić information content (AvgIpc) is 2.99. The number of benzene rings is 2. The molecule has 0 aliphatic rings. The van der Waals surface area contributed by atoms with Crippen molar-refractivity contribution in [2.24, 2.45) is 10.2 Å². The molecule has 3 rings (SSSR count). The van der Waals surface area contributed by atoms with E-state index < -0.39 is 11.8 Å². The van der Waals surface area contributed by atoms with E-state index >= 15 is 0 Å². The number of nitrogens with one attached hydrogen (secondary N) is 2. The second kappa shape index (κ2) is 8.94. The molecule has 0 spiro atoms. The van der Waals surface area contributed by atoms with Crippen molar-refractivity contribution in [3.05, 3.63) is 50.4 Å². The van der Waals surface area contributed by atoms with Crippen molar-refractivity contribution in [3.8, 4) is 5.88 Å². The largest absolute Gasteiger partial charge is 0.493 e. The van der Waals surface area contributed by atoms with Gasteiger partial charge in [0, 0.05) is 27.7 Å². The second-order valence-corrected chi connectivity index (χ2v) is 7.84. The van der Waals surface area contributed by atoms with Gasteiger partial charge in [0.05, 0.1) is 16.2 Å². The smallest absolute Gasteiger partial charge is 0.265 e. The highest BCUT2D eigenvalue weighted by molar-refractivity contribution is 9.10. The van der Waals surface area contributed by atoms with E-state index in [9.17, 15) is 14.7 Å². The Bertz CT molecular complexity index is 1140. The van der Waals surface area contributed by atoms with Gasteiger partial charge in [0.25, 0.3) is 5.91 Å². The van der Waals surface area contributed by atoms with Crippen LogP contribution in [0.4, 0.5) is 11.4 Å². The number of rotatable bonds is 5. The van der Waals surface area contributed by atoms with E-state index in [2.05, 4.69) is 36.5 Å². The summed E-state index contributed by atoms with van der Waals surface area (Å²) in [5, 5.41) is 21.5. The molecule has 1 aromatic heterocycles. The maximum atomic E-state index is 12.0. The lowest BCUT2D eigenvalue weighted by Crippen LogP contribution is -2.13. The van der Waals surface area contributed by atoms with Crippen molar-refractivity contribution in [1.29, 1.82) is 0 Å². The van der Waals surface area contributed by atoms with Crippen LogP contribution in [0.3, 0.4) is 0 Å². The number of hydrogen-bond donors (Lipinski definition) is 3. The fourth-order valence-corrected chi connectivity index (χ4v) is 3.59. The van der Waals surface area contributed by atoms with Gasteiger partial charge in [-0.05, 0) is 52.7 Å². The number of anilines is 1. The van der Waals surface area contributed by atoms with Crippen LogP contribution < -0.4 is 5.32 Å². The van der Waals surface area contributed by atoms with E-state index in [1.807, 2.05) is 13.0 Å². The molecule has 0 aliphatic heterocycles. The van der Waals surface area contributed by atoms with Crippen LogP contribution in [-0.4, -0.2) is 21.9 Å². The Morgan fingerprint density at radius 3 is 2.69 bits per heavy atom. The van der Waals surface area contributed by atoms with Gasteiger partial charge in [-0.3, -0.25) is 9.59 Å². The number of nitrogens with zero attached hydrogens (tertiary/aromatic N) is 2. The number of fused-ring (bicyclic) bond motifs is 1. The predicted octanol–water partition coefficient (Wildman–Crippen LogP) is 6.28. The molecule has 2 amide bonds. The van der Waals surface area contributed by atoms with Gasteiger partial charge in [-0.2, -0.15) is 0 Å². The molecule has 3 N–H and O–H groups in total. The number of halogens is 3. The molecule has 7 nitrogen and oxygen atoms in total. The molecule has 0 bridgehead atoms. The highest BCUT2D eigenvalue weighted by Crippen LogP contribution is 2.41. The van der Waals surface area contributed by atoms with Crippen LogP contribution in [-0.2, 0) is 9.59 Å². The summed E-state index contributed by atoms with van der Waals surface area (Å²) in [5.41, 5.74) is 2.15. The molecule has 0 saturated heterocycles. The zero-order valence-electron chi connectivity index (χ0n) is 15.1. The third-order valence-corrected chi connectivity index (χ3v) is 5.65. The minimum atomic E-state index is -0.597. The number of carbonyl (C=O) groups excluding carboxylic acids is 2. The Labute approximate surface area is 184 Å². The SMILES string of the molecule is Cc1ccc2[nH]c(O)c(N=NC(=O)CCC(=O)Nc3ccc(Cl)cc3Cl)c2c1Br. The fraction of sp³-hybridized carbons (Fsp3) is 0.158. The summed E-state index contributed by atoms with van der Waals surface area (Å²) in [6.07, 6.45) is -0.247. The van der Waals surface area contributed by atoms with Crippen molar-refractivity contribution in [2.75, 3.05) is 5.32 Å². The Morgan fingerprint density at radius 1 is 1.21 bits per heavy atom. The molecule has 150 valence electrons. The number of H-pyrrole nitrogens is 1. The van der Waals surface area contributed by atoms with Crippen LogP contribution in [0.1, 0.15) is 18.4 Å². The molecule has 0 aliphatic carbocycles. The van der Waals surface area contributed by atoms with E-state index in [1.165, 1.54) is 6.07 Å². The molecule has 3 aromatic rings. The van der Waals surface area contributed by atoms with E-state index in [-0.39, 0.29) is 24.4 Å². The third kappa shape index (κ3) is 4.95. The Hall–Kier alpha value is -2.42. The van der Waals surface area contributed by atoms with Crippen molar-refractivity contribution in [2.45, 2.75) is 19.8 Å². The number of aromatic hydroxyl groups is 1. The highest BCUT2D eigenvalue weighted by atomic mass is 79.9. The van der Waals surface area contributed by atoms with Gasteiger partial charge in [-0.25, -0.2) is 0 Å². The molecule has 1 heterocycles. The number of aromatic amines is 1. The first-order chi connectivity index (χ1) is 13.8. The number of carbonyl (C=O) groups is 2. The zero-order valence-corrected chi connectivity index (χ0v) is 18.2. The lowest BCUT2D eigenvalue weighted by molar-refractivity contribution is -0.122. The minimum Gasteiger partial charge on any atom is -0.493 e. The standard InChI is InChI=1S/C19H15BrCl2N4O3/c1-9-2-4-13-16(17(9)20)18(19(29)24-13)26-25-15(28)7-6-14(27)23-12-5-3-10(21)8-11(12)22/h2-5,8,24,29H,6-7H2,1H3,(H,23,27). The minimum absolute atomic E-state index is 0.0977. The fourth-order valence-electron chi connectivity index (χ4n) is 2.60. The molecule has 0 saturated carbocycles. The molecule has 0 atom stereocenters. The topological polar surface area (TPSA) is 107 Å². The lowest BCUT2D eigenvalue weighted by atomic mass is 10.1. The first-order valence-electron chi connectivity index (χ1n) is 8.45. The van der Waals surface area contributed by atoms with Crippen molar-refractivity contribution in [1.82, 2.24) is 4.98 Å². The van der Waals surface area contributed by atoms with Crippen LogP contribution in [0, 0.1) is 6.92 Å². The number of aryl methyl sites for hydroxylation is 1. The van der Waals surface area contributed by atoms with Crippen molar-refractivity contribution < 1.29 is 14.7 Å². The van der Waals surface area contributed by atoms with Gasteiger partial charge >= 0.3 is 0 Å². The normalized spacial score (nSPS) is 11.3. The number of amides is 2. The first-order valence-corrected chi connectivity index (χ1v) is 10.0. The molecule has 0 unspecified atom stereocenters. The maximum Gasteiger partial charge on any atom is 0.265 e. The summed E-state index contributed by atoms with van der Waals surface area (Å²) in [6.45, 7) is 1.89. The summed E-state index contributed by atoms with van der Waals surface area (Å²) in [4.78, 5) is 26.8. The van der Waals surface area contributed by atoms with Gasteiger partial charge in [0.1, 0.15) is 0 Å². The number of aromatic nitrogens is 1. The highest BCUT2D eigenvalue weighted by Gasteiger charge is 2.15. The van der Waals surface area contributed by atoms with Crippen molar-refractivity contribution >= 4 is 73.2 Å². The van der Waals surface area contributed by atoms with E-state index in [4.69, 9.17) is 23.2 Å². The summed E-state index contributed by atoms with van der Waals surface area (Å²) >= 11 is 15.3. The van der Waals surface area contributed by atoms with Crippen LogP contribution in [0.2, 0.25) is 10.0 Å². The lowest BCUT2D eigenvalue weighted by Gasteiger charge is -2.06. The van der Waals surface area contributed by atoms with Gasteiger partial charge in [0.15, 0.2) is 5.69 Å². The summed E-state index contributed by atoms with van der Waals surface area (Å²) in [5.74, 6) is -1.19. The summed E-state index contributed by atoms with van der Waals surface area (Å²) < 4.78 is 0.743. The average molecular weight is 498 g/mol. The van der Waals surface area contributed by atoms with E-state index in [1.54, 1.807) is 18.2 Å². The van der Waals surface area contributed by atoms with Gasteiger partial charge < -0.3 is 15.4 Å². The van der Waals surface area contributed by atoms with Gasteiger partial charge in [0.2, 0.25) is 11.8 Å². The van der Waals surface area contributed by atoms with Gasteiger partial charge in [-0.15, -0.1) is 10.2 Å².